The minimum atomic E-state index is 1.16. The van der Waals surface area contributed by atoms with E-state index in [1.807, 2.05) is 0 Å². The van der Waals surface area contributed by atoms with E-state index < -0.39 is 0 Å². The van der Waals surface area contributed by atoms with E-state index in [4.69, 9.17) is 0 Å². The summed E-state index contributed by atoms with van der Waals surface area (Å²) in [5.41, 5.74) is 7.40. The predicted octanol–water partition coefficient (Wildman–Crippen LogP) is 12.4. The van der Waals surface area contributed by atoms with E-state index in [0.717, 1.165) is 5.52 Å². The zero-order chi connectivity index (χ0) is 29.5. The van der Waals surface area contributed by atoms with Crippen molar-refractivity contribution in [3.8, 4) is 22.3 Å². The Hall–Kier alpha value is -5.92. The van der Waals surface area contributed by atoms with Crippen LogP contribution in [0.3, 0.4) is 0 Å². The fourth-order valence-electron chi connectivity index (χ4n) is 7.66. The van der Waals surface area contributed by atoms with Gasteiger partial charge in [0.2, 0.25) is 0 Å². The molecular formula is C44H27N. The highest BCUT2D eigenvalue weighted by atomic mass is 14.7. The Morgan fingerprint density at radius 2 is 0.756 bits per heavy atom. The van der Waals surface area contributed by atoms with E-state index in [9.17, 15) is 0 Å². The third kappa shape index (κ3) is 3.62. The summed E-state index contributed by atoms with van der Waals surface area (Å²) >= 11 is 0. The number of aromatic nitrogens is 1. The second kappa shape index (κ2) is 9.29. The maximum atomic E-state index is 3.68. The molecule has 9 aromatic carbocycles. The molecule has 1 nitrogen and oxygen atoms in total. The summed E-state index contributed by atoms with van der Waals surface area (Å²) in [5, 5.41) is 15.3. The van der Waals surface area contributed by atoms with Crippen LogP contribution in [-0.4, -0.2) is 4.98 Å². The van der Waals surface area contributed by atoms with Crippen molar-refractivity contribution in [2.24, 2.45) is 0 Å². The number of H-pyrrole nitrogens is 1. The Kier molecular flexibility index (Phi) is 5.06. The molecular weight excluding hydrogens is 542 g/mol. The van der Waals surface area contributed by atoms with Crippen molar-refractivity contribution in [1.82, 2.24) is 4.98 Å². The lowest BCUT2D eigenvalue weighted by Gasteiger charge is -2.18. The van der Waals surface area contributed by atoms with Gasteiger partial charge < -0.3 is 4.98 Å². The molecule has 10 aromatic rings. The van der Waals surface area contributed by atoms with Crippen LogP contribution in [0.25, 0.3) is 97.9 Å². The van der Waals surface area contributed by atoms with Crippen LogP contribution < -0.4 is 0 Å². The van der Waals surface area contributed by atoms with Gasteiger partial charge in [0.25, 0.3) is 0 Å². The van der Waals surface area contributed by atoms with Crippen LogP contribution in [0.5, 0.6) is 0 Å². The summed E-state index contributed by atoms with van der Waals surface area (Å²) in [6.07, 6.45) is 0. The van der Waals surface area contributed by atoms with Gasteiger partial charge in [-0.2, -0.15) is 0 Å². The molecule has 0 unspecified atom stereocenters. The van der Waals surface area contributed by atoms with Gasteiger partial charge in [0.05, 0.1) is 0 Å². The average Bonchev–Trinajstić information content (AvgIpc) is 3.45. The number of aromatic amines is 1. The van der Waals surface area contributed by atoms with Gasteiger partial charge in [-0.05, 0) is 106 Å². The summed E-state index contributed by atoms with van der Waals surface area (Å²) in [5.74, 6) is 0. The Morgan fingerprint density at radius 3 is 1.44 bits per heavy atom. The maximum absolute atomic E-state index is 3.68. The van der Waals surface area contributed by atoms with Crippen LogP contribution in [0.2, 0.25) is 0 Å². The lowest BCUT2D eigenvalue weighted by molar-refractivity contribution is 1.55. The van der Waals surface area contributed by atoms with E-state index in [0.29, 0.717) is 0 Å². The normalized spacial score (nSPS) is 12.0. The van der Waals surface area contributed by atoms with Crippen molar-refractivity contribution in [3.05, 3.63) is 158 Å². The first kappa shape index (κ1) is 24.5. The predicted molar refractivity (Wildman–Crippen MR) is 194 cm³/mol. The van der Waals surface area contributed by atoms with Crippen molar-refractivity contribution in [2.45, 2.75) is 0 Å². The SMILES string of the molecule is c1ccc2cc3c(cc2c1)[nH]c1ccc(-c2c4ccccc4c(-c4ccc5c(ccc6ccccc65)c4)c4ccccc24)cc13. The molecule has 0 atom stereocenters. The van der Waals surface area contributed by atoms with E-state index in [1.54, 1.807) is 0 Å². The van der Waals surface area contributed by atoms with Gasteiger partial charge in [0, 0.05) is 21.8 Å². The van der Waals surface area contributed by atoms with Gasteiger partial charge in [-0.1, -0.05) is 127 Å². The fraction of sp³-hybridized carbons (Fsp3) is 0. The van der Waals surface area contributed by atoms with E-state index >= 15 is 0 Å². The van der Waals surface area contributed by atoms with Crippen molar-refractivity contribution >= 4 is 75.7 Å². The summed E-state index contributed by atoms with van der Waals surface area (Å²) < 4.78 is 0. The first-order chi connectivity index (χ1) is 22.3. The van der Waals surface area contributed by atoms with Gasteiger partial charge in [0.1, 0.15) is 0 Å². The first-order valence-electron chi connectivity index (χ1n) is 15.6. The highest BCUT2D eigenvalue weighted by Gasteiger charge is 2.18. The van der Waals surface area contributed by atoms with Crippen molar-refractivity contribution < 1.29 is 0 Å². The standard InChI is InChI=1S/C44H27N/c1-2-11-29-26-42-40(24-28(29)10-1)39-25-32(20-22-41(39)45-42)44-37-15-7-5-13-35(37)43(36-14-6-8-16-38(36)44)31-19-21-34-30(23-31)18-17-27-9-3-4-12-33(27)34/h1-26,45H. The zero-order valence-electron chi connectivity index (χ0n) is 24.5. The molecule has 0 saturated carbocycles. The topological polar surface area (TPSA) is 15.8 Å². The van der Waals surface area contributed by atoms with Crippen LogP contribution in [0.1, 0.15) is 0 Å². The number of benzene rings is 9. The quantitative estimate of drug-likeness (QED) is 0.157. The molecule has 1 heterocycles. The summed E-state index contributed by atoms with van der Waals surface area (Å²) in [6, 6.07) is 58.2. The Balaban J connectivity index is 1.25. The van der Waals surface area contributed by atoms with Crippen LogP contribution in [0, 0.1) is 0 Å². The molecule has 0 aliphatic rings. The molecule has 0 aliphatic heterocycles. The molecule has 0 radical (unpaired) electrons. The number of hydrogen-bond acceptors (Lipinski definition) is 0. The molecule has 1 heteroatoms. The highest BCUT2D eigenvalue weighted by molar-refractivity contribution is 6.23. The summed E-state index contributed by atoms with van der Waals surface area (Å²) in [6.45, 7) is 0. The molecule has 0 spiro atoms. The summed E-state index contributed by atoms with van der Waals surface area (Å²) in [7, 11) is 0. The number of nitrogens with one attached hydrogen (secondary N) is 1. The van der Waals surface area contributed by atoms with Gasteiger partial charge in [-0.25, -0.2) is 0 Å². The lowest BCUT2D eigenvalue weighted by Crippen LogP contribution is -1.91. The third-order valence-corrected chi connectivity index (χ3v) is 9.72. The number of fused-ring (bicyclic) bond motifs is 9. The smallest absolute Gasteiger partial charge is 0.0471 e. The molecule has 0 fully saturated rings. The van der Waals surface area contributed by atoms with Crippen LogP contribution >= 0.6 is 0 Å². The molecule has 10 rings (SSSR count). The zero-order valence-corrected chi connectivity index (χ0v) is 24.5. The third-order valence-electron chi connectivity index (χ3n) is 9.72. The van der Waals surface area contributed by atoms with Crippen molar-refractivity contribution in [2.75, 3.05) is 0 Å². The van der Waals surface area contributed by atoms with Crippen molar-refractivity contribution in [1.29, 1.82) is 0 Å². The maximum Gasteiger partial charge on any atom is 0.0471 e. The minimum Gasteiger partial charge on any atom is -0.354 e. The van der Waals surface area contributed by atoms with E-state index in [-0.39, 0.29) is 0 Å². The van der Waals surface area contributed by atoms with Gasteiger partial charge in [-0.3, -0.25) is 0 Å². The van der Waals surface area contributed by atoms with E-state index in [1.165, 1.54) is 92.4 Å². The molecule has 0 bridgehead atoms. The summed E-state index contributed by atoms with van der Waals surface area (Å²) in [4.78, 5) is 3.68. The van der Waals surface area contributed by atoms with Crippen LogP contribution in [0.15, 0.2) is 158 Å². The molecule has 45 heavy (non-hydrogen) atoms. The average molecular weight is 570 g/mol. The lowest BCUT2D eigenvalue weighted by atomic mass is 9.85. The first-order valence-corrected chi connectivity index (χ1v) is 15.6. The van der Waals surface area contributed by atoms with Crippen LogP contribution in [-0.2, 0) is 0 Å². The second-order valence-electron chi connectivity index (χ2n) is 12.2. The Morgan fingerprint density at radius 1 is 0.267 bits per heavy atom. The molecule has 0 amide bonds. The fourth-order valence-corrected chi connectivity index (χ4v) is 7.66. The van der Waals surface area contributed by atoms with Gasteiger partial charge in [0.15, 0.2) is 0 Å². The largest absolute Gasteiger partial charge is 0.354 e. The Bertz CT molecular complexity index is 2760. The molecule has 0 aliphatic carbocycles. The number of hydrogen-bond donors (Lipinski definition) is 1. The van der Waals surface area contributed by atoms with Crippen LogP contribution in [0.4, 0.5) is 0 Å². The van der Waals surface area contributed by atoms with Gasteiger partial charge >= 0.3 is 0 Å². The molecule has 0 saturated heterocycles. The Labute approximate surface area is 260 Å². The monoisotopic (exact) mass is 569 g/mol. The minimum absolute atomic E-state index is 1.16. The van der Waals surface area contributed by atoms with Crippen molar-refractivity contribution in [3.63, 3.8) is 0 Å². The van der Waals surface area contributed by atoms with E-state index in [2.05, 4.69) is 163 Å². The molecule has 1 N–H and O–H groups in total. The molecule has 1 aromatic heterocycles. The number of rotatable bonds is 2. The second-order valence-corrected chi connectivity index (χ2v) is 12.2. The highest BCUT2D eigenvalue weighted by Crippen LogP contribution is 2.45. The van der Waals surface area contributed by atoms with Gasteiger partial charge in [-0.15, -0.1) is 0 Å². The molecule has 208 valence electrons.